The fraction of sp³-hybridized carbons (Fsp3) is 0.692. The molecule has 2 heterocycles. The van der Waals surface area contributed by atoms with Gasteiger partial charge in [0.2, 0.25) is 11.8 Å². The number of rotatable bonds is 7. The maximum Gasteiger partial charge on any atom is 0.226 e. The van der Waals surface area contributed by atoms with Gasteiger partial charge in [-0.05, 0) is 68.4 Å². The highest BCUT2D eigenvalue weighted by atomic mass is 19.1. The number of benzene rings is 1. The lowest BCUT2D eigenvalue weighted by Gasteiger charge is -2.41. The molecule has 1 aliphatic carbocycles. The second-order valence-corrected chi connectivity index (χ2v) is 10.2. The van der Waals surface area contributed by atoms with Crippen LogP contribution in [0, 0.1) is 18.7 Å². The molecule has 2 amide bonds. The van der Waals surface area contributed by atoms with Crippen LogP contribution in [0.1, 0.15) is 74.5 Å². The van der Waals surface area contributed by atoms with Crippen molar-refractivity contribution >= 4 is 11.8 Å². The average Bonchev–Trinajstić information content (AvgIpc) is 3.48. The molecule has 3 aliphatic rings. The highest BCUT2D eigenvalue weighted by Crippen LogP contribution is 2.35. The summed E-state index contributed by atoms with van der Waals surface area (Å²) in [6.45, 7) is 7.70. The molecule has 33 heavy (non-hydrogen) atoms. The maximum atomic E-state index is 14.7. The predicted molar refractivity (Wildman–Crippen MR) is 125 cm³/mol. The molecule has 0 spiro atoms. The van der Waals surface area contributed by atoms with Gasteiger partial charge >= 0.3 is 0 Å². The molecule has 2 aliphatic heterocycles. The monoisotopic (exact) mass is 459 g/mol. The summed E-state index contributed by atoms with van der Waals surface area (Å²) in [6, 6.07) is 3.31. The molecule has 1 aromatic rings. The van der Waals surface area contributed by atoms with Crippen LogP contribution in [-0.2, 0) is 20.9 Å². The number of nitrogens with two attached hydrogens (primary N) is 1. The number of ether oxygens (including phenoxy) is 1. The summed E-state index contributed by atoms with van der Waals surface area (Å²) in [5, 5.41) is 0. The van der Waals surface area contributed by atoms with E-state index in [1.807, 2.05) is 6.92 Å². The van der Waals surface area contributed by atoms with E-state index in [1.54, 1.807) is 12.1 Å². The van der Waals surface area contributed by atoms with Crippen LogP contribution in [0.25, 0.3) is 0 Å². The van der Waals surface area contributed by atoms with Crippen LogP contribution in [0.3, 0.4) is 0 Å². The number of hydrogen-bond acceptors (Lipinski definition) is 4. The van der Waals surface area contributed by atoms with Gasteiger partial charge in [-0.15, -0.1) is 0 Å². The van der Waals surface area contributed by atoms with Gasteiger partial charge < -0.3 is 15.4 Å². The number of carbonyl (C=O) groups is 2. The van der Waals surface area contributed by atoms with E-state index in [0.717, 1.165) is 74.8 Å². The van der Waals surface area contributed by atoms with E-state index in [-0.39, 0.29) is 36.2 Å². The summed E-state index contributed by atoms with van der Waals surface area (Å²) >= 11 is 0. The number of nitrogens with zero attached hydrogens (tertiary/aromatic N) is 2. The quantitative estimate of drug-likeness (QED) is 0.677. The fourth-order valence-corrected chi connectivity index (χ4v) is 6.04. The Morgan fingerprint density at radius 2 is 1.94 bits per heavy atom. The molecule has 0 bridgehead atoms. The molecule has 182 valence electrons. The molecular formula is C26H38FN3O3. The summed E-state index contributed by atoms with van der Waals surface area (Å²) in [6.07, 6.45) is 6.23. The summed E-state index contributed by atoms with van der Waals surface area (Å²) in [4.78, 5) is 29.1. The molecule has 1 aromatic carbocycles. The van der Waals surface area contributed by atoms with Crippen molar-refractivity contribution in [2.75, 3.05) is 26.2 Å². The largest absolute Gasteiger partial charge is 0.378 e. The Labute approximate surface area is 196 Å². The molecule has 4 rings (SSSR count). The molecule has 2 unspecified atom stereocenters. The first-order valence-electron chi connectivity index (χ1n) is 12.5. The van der Waals surface area contributed by atoms with E-state index in [9.17, 15) is 14.0 Å². The third kappa shape index (κ3) is 5.57. The van der Waals surface area contributed by atoms with Gasteiger partial charge in [0.1, 0.15) is 5.82 Å². The van der Waals surface area contributed by atoms with Crippen LogP contribution in [0.15, 0.2) is 12.1 Å². The lowest BCUT2D eigenvalue weighted by molar-refractivity contribution is -0.140. The first-order chi connectivity index (χ1) is 15.8. The van der Waals surface area contributed by atoms with Crippen LogP contribution in [-0.4, -0.2) is 60.0 Å². The second-order valence-electron chi connectivity index (χ2n) is 10.2. The van der Waals surface area contributed by atoms with Gasteiger partial charge in [0.05, 0.1) is 6.10 Å². The third-order valence-corrected chi connectivity index (χ3v) is 7.85. The van der Waals surface area contributed by atoms with Crippen LogP contribution < -0.4 is 5.73 Å². The topological polar surface area (TPSA) is 75.9 Å². The first-order valence-corrected chi connectivity index (χ1v) is 12.5. The Morgan fingerprint density at radius 3 is 2.58 bits per heavy atom. The lowest BCUT2D eigenvalue weighted by Crippen LogP contribution is -2.54. The summed E-state index contributed by atoms with van der Waals surface area (Å²) in [5.74, 6) is -0.389. The Balaban J connectivity index is 1.48. The predicted octanol–water partition coefficient (Wildman–Crippen LogP) is 3.50. The Bertz CT molecular complexity index is 865. The van der Waals surface area contributed by atoms with E-state index in [4.69, 9.17) is 10.5 Å². The molecule has 3 fully saturated rings. The van der Waals surface area contributed by atoms with Gasteiger partial charge in [-0.2, -0.15) is 0 Å². The van der Waals surface area contributed by atoms with Crippen LogP contribution in [0.4, 0.5) is 4.39 Å². The molecular weight excluding hydrogens is 421 g/mol. The minimum absolute atomic E-state index is 0.101. The number of piperazine rings is 1. The lowest BCUT2D eigenvalue weighted by atomic mass is 9.84. The standard InChI is InChI=1S/C26H38FN3O3/c1-17-15-29(9-10-30(17)26(32)19-6-3-4-7-19)16-20-12-21(27)13-22(18(20)2)23(14-25(28)31)24-8-5-11-33-24/h12-13,17,19,23-24H,3-11,14-16H2,1-2H3,(H2,28,31)/t17-,23?,24?/m0/s1. The Hall–Kier alpha value is -1.99. The van der Waals surface area contributed by atoms with Gasteiger partial charge in [-0.1, -0.05) is 12.8 Å². The molecule has 2 N–H and O–H groups in total. The number of primary amides is 1. The molecule has 6 nitrogen and oxygen atoms in total. The minimum atomic E-state index is -0.391. The fourth-order valence-electron chi connectivity index (χ4n) is 6.04. The number of amides is 2. The van der Waals surface area contributed by atoms with Crippen molar-refractivity contribution in [3.05, 3.63) is 34.6 Å². The molecule has 2 saturated heterocycles. The zero-order chi connectivity index (χ0) is 23.5. The van der Waals surface area contributed by atoms with E-state index >= 15 is 0 Å². The van der Waals surface area contributed by atoms with Gasteiger partial charge in [0, 0.05) is 57.1 Å². The van der Waals surface area contributed by atoms with Crippen molar-refractivity contribution in [3.63, 3.8) is 0 Å². The Kier molecular flexibility index (Phi) is 7.69. The van der Waals surface area contributed by atoms with Crippen molar-refractivity contribution < 1.29 is 18.7 Å². The normalized spacial score (nSPS) is 25.5. The van der Waals surface area contributed by atoms with Gasteiger partial charge in [0.15, 0.2) is 0 Å². The van der Waals surface area contributed by atoms with Gasteiger partial charge in [-0.3, -0.25) is 14.5 Å². The van der Waals surface area contributed by atoms with E-state index in [0.29, 0.717) is 19.1 Å². The minimum Gasteiger partial charge on any atom is -0.378 e. The van der Waals surface area contributed by atoms with Crippen molar-refractivity contribution in [1.29, 1.82) is 0 Å². The average molecular weight is 460 g/mol. The zero-order valence-electron chi connectivity index (χ0n) is 20.0. The van der Waals surface area contributed by atoms with Crippen molar-refractivity contribution in [2.24, 2.45) is 11.7 Å². The van der Waals surface area contributed by atoms with Crippen LogP contribution in [0.2, 0.25) is 0 Å². The SMILES string of the molecule is Cc1c(CN2CCN(C(=O)C3CCCC3)[C@@H](C)C2)cc(F)cc1C(CC(N)=O)C1CCCO1. The van der Waals surface area contributed by atoms with Crippen LogP contribution in [0.5, 0.6) is 0 Å². The number of carbonyl (C=O) groups excluding carboxylic acids is 2. The Morgan fingerprint density at radius 1 is 1.18 bits per heavy atom. The summed E-state index contributed by atoms with van der Waals surface area (Å²) in [5.41, 5.74) is 8.32. The highest BCUT2D eigenvalue weighted by Gasteiger charge is 2.34. The van der Waals surface area contributed by atoms with E-state index in [1.165, 1.54) is 0 Å². The maximum absolute atomic E-state index is 14.7. The highest BCUT2D eigenvalue weighted by molar-refractivity contribution is 5.79. The summed E-state index contributed by atoms with van der Waals surface area (Å²) in [7, 11) is 0. The number of halogens is 1. The van der Waals surface area contributed by atoms with Crippen LogP contribution >= 0.6 is 0 Å². The summed E-state index contributed by atoms with van der Waals surface area (Å²) < 4.78 is 20.6. The molecule has 3 atom stereocenters. The smallest absolute Gasteiger partial charge is 0.226 e. The third-order valence-electron chi connectivity index (χ3n) is 7.85. The van der Waals surface area contributed by atoms with E-state index < -0.39 is 5.91 Å². The molecule has 0 aromatic heterocycles. The second kappa shape index (κ2) is 10.5. The molecule has 0 radical (unpaired) electrons. The molecule has 1 saturated carbocycles. The van der Waals surface area contributed by atoms with Gasteiger partial charge in [0.25, 0.3) is 0 Å². The first kappa shape index (κ1) is 24.1. The van der Waals surface area contributed by atoms with E-state index in [2.05, 4.69) is 16.7 Å². The number of hydrogen-bond donors (Lipinski definition) is 1. The zero-order valence-corrected chi connectivity index (χ0v) is 20.0. The van der Waals surface area contributed by atoms with Crippen molar-refractivity contribution in [2.45, 2.75) is 83.4 Å². The van der Waals surface area contributed by atoms with Crippen molar-refractivity contribution in [1.82, 2.24) is 9.80 Å². The van der Waals surface area contributed by atoms with Gasteiger partial charge in [-0.25, -0.2) is 4.39 Å². The van der Waals surface area contributed by atoms with Crippen molar-refractivity contribution in [3.8, 4) is 0 Å². The molecule has 7 heteroatoms.